The number of amides is 2. The van der Waals surface area contributed by atoms with E-state index in [0.717, 1.165) is 11.1 Å². The van der Waals surface area contributed by atoms with Crippen molar-refractivity contribution in [1.29, 1.82) is 0 Å². The number of carbonyl (C=O) groups is 2. The topological polar surface area (TPSA) is 37.4 Å². The number of aryl methyl sites for hydroxylation is 3. The highest BCUT2D eigenvalue weighted by Crippen LogP contribution is 2.32. The van der Waals surface area contributed by atoms with Crippen molar-refractivity contribution < 1.29 is 9.59 Å². The Kier molecular flexibility index (Phi) is 2.77. The van der Waals surface area contributed by atoms with Crippen molar-refractivity contribution in [1.82, 2.24) is 4.90 Å². The van der Waals surface area contributed by atoms with Crippen molar-refractivity contribution in [2.24, 2.45) is 0 Å². The van der Waals surface area contributed by atoms with Crippen LogP contribution in [0.4, 0.5) is 0 Å². The Morgan fingerprint density at radius 1 is 1.06 bits per heavy atom. The Balaban J connectivity index is 2.45. The zero-order chi connectivity index (χ0) is 12.7. The summed E-state index contributed by atoms with van der Waals surface area (Å²) in [4.78, 5) is 24.7. The smallest absolute Gasteiger partial charge is 0.236 e. The normalized spacial score (nSPS) is 20.2. The Hall–Kier alpha value is -1.64. The van der Waals surface area contributed by atoms with Gasteiger partial charge in [-0.1, -0.05) is 12.1 Å². The van der Waals surface area contributed by atoms with E-state index in [1.165, 1.54) is 16.0 Å². The van der Waals surface area contributed by atoms with E-state index in [1.54, 1.807) is 7.05 Å². The fourth-order valence-electron chi connectivity index (χ4n) is 2.36. The van der Waals surface area contributed by atoms with Crippen LogP contribution in [0.2, 0.25) is 0 Å². The zero-order valence-electron chi connectivity index (χ0n) is 10.7. The van der Waals surface area contributed by atoms with Crippen LogP contribution in [-0.4, -0.2) is 23.8 Å². The average Bonchev–Trinajstić information content (AvgIpc) is 2.51. The number of hydrogen-bond acceptors (Lipinski definition) is 2. The van der Waals surface area contributed by atoms with E-state index in [-0.39, 0.29) is 17.7 Å². The predicted octanol–water partition coefficient (Wildman–Crippen LogP) is 2.08. The largest absolute Gasteiger partial charge is 0.285 e. The van der Waals surface area contributed by atoms with Crippen LogP contribution in [-0.2, 0) is 9.59 Å². The first-order valence-corrected chi connectivity index (χ1v) is 5.80. The van der Waals surface area contributed by atoms with E-state index in [4.69, 9.17) is 0 Å². The van der Waals surface area contributed by atoms with Gasteiger partial charge in [0.15, 0.2) is 0 Å². The molecule has 1 atom stereocenters. The van der Waals surface area contributed by atoms with Gasteiger partial charge in [0.05, 0.1) is 5.92 Å². The fraction of sp³-hybridized carbons (Fsp3) is 0.429. The van der Waals surface area contributed by atoms with Crippen LogP contribution >= 0.6 is 0 Å². The lowest BCUT2D eigenvalue weighted by Gasteiger charge is -2.14. The lowest BCUT2D eigenvalue weighted by Crippen LogP contribution is -2.25. The van der Waals surface area contributed by atoms with E-state index in [9.17, 15) is 9.59 Å². The molecule has 1 aromatic carbocycles. The van der Waals surface area contributed by atoms with E-state index in [0.29, 0.717) is 6.42 Å². The van der Waals surface area contributed by atoms with Crippen LogP contribution < -0.4 is 0 Å². The maximum atomic E-state index is 12.0. The highest BCUT2D eigenvalue weighted by atomic mass is 16.2. The van der Waals surface area contributed by atoms with Gasteiger partial charge >= 0.3 is 0 Å². The van der Waals surface area contributed by atoms with Crippen LogP contribution in [0, 0.1) is 20.8 Å². The van der Waals surface area contributed by atoms with Crippen LogP contribution in [0.1, 0.15) is 34.6 Å². The van der Waals surface area contributed by atoms with Gasteiger partial charge in [-0.3, -0.25) is 14.5 Å². The molecule has 90 valence electrons. The molecule has 0 spiro atoms. The van der Waals surface area contributed by atoms with E-state index in [2.05, 4.69) is 13.0 Å². The summed E-state index contributed by atoms with van der Waals surface area (Å²) in [6.45, 7) is 6.08. The molecule has 1 fully saturated rings. The molecule has 1 aliphatic heterocycles. The second-order valence-electron chi connectivity index (χ2n) is 4.84. The molecule has 0 aliphatic carbocycles. The van der Waals surface area contributed by atoms with Gasteiger partial charge in [0.1, 0.15) is 0 Å². The van der Waals surface area contributed by atoms with Gasteiger partial charge in [-0.15, -0.1) is 0 Å². The molecule has 0 saturated carbocycles. The molecule has 3 nitrogen and oxygen atoms in total. The summed E-state index contributed by atoms with van der Waals surface area (Å²) in [5.74, 6) is -0.453. The van der Waals surface area contributed by atoms with E-state index < -0.39 is 0 Å². The number of hydrogen-bond donors (Lipinski definition) is 0. The summed E-state index contributed by atoms with van der Waals surface area (Å²) in [7, 11) is 1.56. The molecule has 1 unspecified atom stereocenters. The standard InChI is InChI=1S/C14H17NO2/c1-8-5-10(3)11(6-9(8)2)12-7-13(16)15(4)14(12)17/h5-6,12H,7H2,1-4H3. The van der Waals surface area contributed by atoms with Gasteiger partial charge in [-0.05, 0) is 43.0 Å². The Morgan fingerprint density at radius 3 is 2.18 bits per heavy atom. The third-order valence-electron chi connectivity index (χ3n) is 3.64. The summed E-state index contributed by atoms with van der Waals surface area (Å²) in [6.07, 6.45) is 0.304. The second kappa shape index (κ2) is 3.99. The van der Waals surface area contributed by atoms with Gasteiger partial charge in [-0.2, -0.15) is 0 Å². The van der Waals surface area contributed by atoms with Crippen molar-refractivity contribution in [3.8, 4) is 0 Å². The summed E-state index contributed by atoms with van der Waals surface area (Å²) >= 11 is 0. The summed E-state index contributed by atoms with van der Waals surface area (Å²) < 4.78 is 0. The molecular weight excluding hydrogens is 214 g/mol. The van der Waals surface area contributed by atoms with Gasteiger partial charge in [0, 0.05) is 13.5 Å². The van der Waals surface area contributed by atoms with Crippen molar-refractivity contribution >= 4 is 11.8 Å². The molecule has 0 radical (unpaired) electrons. The molecule has 3 heteroatoms. The highest BCUT2D eigenvalue weighted by molar-refractivity contribution is 6.06. The van der Waals surface area contributed by atoms with Crippen molar-refractivity contribution in [2.45, 2.75) is 33.1 Å². The monoisotopic (exact) mass is 231 g/mol. The third-order valence-corrected chi connectivity index (χ3v) is 3.64. The van der Waals surface area contributed by atoms with Crippen molar-refractivity contribution in [3.05, 3.63) is 34.4 Å². The number of rotatable bonds is 1. The quantitative estimate of drug-likeness (QED) is 0.694. The number of likely N-dealkylation sites (N-methyl/N-ethyl adjacent to an activating group) is 1. The molecule has 17 heavy (non-hydrogen) atoms. The van der Waals surface area contributed by atoms with Crippen molar-refractivity contribution in [2.75, 3.05) is 7.05 Å². The minimum atomic E-state index is -0.285. The molecular formula is C14H17NO2. The maximum absolute atomic E-state index is 12.0. The third kappa shape index (κ3) is 1.86. The van der Waals surface area contributed by atoms with Crippen LogP contribution in [0.5, 0.6) is 0 Å². The molecule has 2 rings (SSSR count). The second-order valence-corrected chi connectivity index (χ2v) is 4.84. The summed E-state index contributed by atoms with van der Waals surface area (Å²) in [5.41, 5.74) is 4.47. The summed E-state index contributed by atoms with van der Waals surface area (Å²) in [6, 6.07) is 4.13. The SMILES string of the molecule is Cc1cc(C)c(C2CC(=O)N(C)C2=O)cc1C. The first kappa shape index (κ1) is 11.8. The average molecular weight is 231 g/mol. The molecule has 0 bridgehead atoms. The number of nitrogens with zero attached hydrogens (tertiary/aromatic N) is 1. The molecule has 2 amide bonds. The van der Waals surface area contributed by atoms with Gasteiger partial charge in [0.25, 0.3) is 0 Å². The lowest BCUT2D eigenvalue weighted by molar-refractivity contribution is -0.137. The number of benzene rings is 1. The van der Waals surface area contributed by atoms with Gasteiger partial charge in [-0.25, -0.2) is 0 Å². The zero-order valence-corrected chi connectivity index (χ0v) is 10.7. The van der Waals surface area contributed by atoms with E-state index >= 15 is 0 Å². The van der Waals surface area contributed by atoms with Crippen LogP contribution in [0.25, 0.3) is 0 Å². The first-order chi connectivity index (χ1) is 7.91. The number of likely N-dealkylation sites (tertiary alicyclic amines) is 1. The molecule has 0 aromatic heterocycles. The van der Waals surface area contributed by atoms with Crippen molar-refractivity contribution in [3.63, 3.8) is 0 Å². The first-order valence-electron chi connectivity index (χ1n) is 5.80. The Morgan fingerprint density at radius 2 is 1.65 bits per heavy atom. The lowest BCUT2D eigenvalue weighted by atomic mass is 9.90. The molecule has 1 heterocycles. The molecule has 1 aromatic rings. The van der Waals surface area contributed by atoms with Crippen LogP contribution in [0.15, 0.2) is 12.1 Å². The Labute approximate surface area is 101 Å². The maximum Gasteiger partial charge on any atom is 0.236 e. The van der Waals surface area contributed by atoms with E-state index in [1.807, 2.05) is 19.9 Å². The fourth-order valence-corrected chi connectivity index (χ4v) is 2.36. The van der Waals surface area contributed by atoms with Crippen LogP contribution in [0.3, 0.4) is 0 Å². The minimum absolute atomic E-state index is 0.0821. The number of imide groups is 1. The van der Waals surface area contributed by atoms with Gasteiger partial charge < -0.3 is 0 Å². The number of carbonyl (C=O) groups excluding carboxylic acids is 2. The summed E-state index contributed by atoms with van der Waals surface area (Å²) in [5, 5.41) is 0. The molecule has 0 N–H and O–H groups in total. The molecule has 1 saturated heterocycles. The predicted molar refractivity (Wildman–Crippen MR) is 65.8 cm³/mol. The van der Waals surface area contributed by atoms with Gasteiger partial charge in [0.2, 0.25) is 11.8 Å². The minimum Gasteiger partial charge on any atom is -0.285 e. The Bertz CT molecular complexity index is 505. The highest BCUT2D eigenvalue weighted by Gasteiger charge is 2.37. The molecule has 1 aliphatic rings.